The van der Waals surface area contributed by atoms with Gasteiger partial charge in [-0.05, 0) is 96.6 Å². The molecule has 0 unspecified atom stereocenters. The van der Waals surface area contributed by atoms with E-state index in [9.17, 15) is 14.6 Å². The maximum Gasteiger partial charge on any atom is 0.115 e. The van der Waals surface area contributed by atoms with Crippen LogP contribution in [0.5, 0.6) is 5.75 Å². The molecule has 0 aliphatic heterocycles. The molecule has 5 rings (SSSR count). The van der Waals surface area contributed by atoms with E-state index in [2.05, 4.69) is 37.3 Å². The van der Waals surface area contributed by atoms with Crippen LogP contribution in [0.1, 0.15) is 61.6 Å². The Labute approximate surface area is 178 Å². The molecule has 2 aromatic carbocycles. The Morgan fingerprint density at radius 1 is 1.13 bits per heavy atom. The summed E-state index contributed by atoms with van der Waals surface area (Å²) in [4.78, 5) is 0. The van der Waals surface area contributed by atoms with E-state index in [1.807, 2.05) is 12.1 Å². The lowest BCUT2D eigenvalue weighted by atomic mass is 9.50. The topological polar surface area (TPSA) is 40.5 Å². The molecule has 2 aromatic rings. The molecule has 0 heterocycles. The van der Waals surface area contributed by atoms with E-state index in [1.54, 1.807) is 12.1 Å². The molecule has 3 aliphatic rings. The van der Waals surface area contributed by atoms with Crippen molar-refractivity contribution < 1.29 is 14.6 Å². The quantitative estimate of drug-likeness (QED) is 0.632. The molecule has 7 atom stereocenters. The fourth-order valence-electron chi connectivity index (χ4n) is 7.29. The van der Waals surface area contributed by atoms with Crippen LogP contribution >= 0.6 is 0 Å². The number of allylic oxidation sites excluding steroid dienone is 1. The average Bonchev–Trinajstić information content (AvgIpc) is 2.96. The van der Waals surface area contributed by atoms with Crippen LogP contribution in [0.25, 0.3) is 0 Å². The average molecular weight is 407 g/mol. The van der Waals surface area contributed by atoms with E-state index in [4.69, 9.17) is 0 Å². The summed E-state index contributed by atoms with van der Waals surface area (Å²) < 4.78 is 14.1. The molecule has 2 nitrogen and oxygen atoms in total. The van der Waals surface area contributed by atoms with Crippen LogP contribution < -0.4 is 0 Å². The van der Waals surface area contributed by atoms with E-state index in [0.717, 1.165) is 25.7 Å². The second-order valence-electron chi connectivity index (χ2n) is 10.1. The zero-order valence-corrected chi connectivity index (χ0v) is 17.8. The number of hydrogen-bond acceptors (Lipinski definition) is 2. The molecule has 0 spiro atoms. The molecular weight excluding hydrogens is 375 g/mol. The van der Waals surface area contributed by atoms with Crippen LogP contribution in [0.2, 0.25) is 0 Å². The van der Waals surface area contributed by atoms with Crippen molar-refractivity contribution in [2.75, 3.05) is 0 Å². The third-order valence-corrected chi connectivity index (χ3v) is 8.33. The predicted molar refractivity (Wildman–Crippen MR) is 117 cm³/mol. The predicted octanol–water partition coefficient (Wildman–Crippen LogP) is 6.10. The fraction of sp³-hybridized carbons (Fsp3) is 0.481. The first-order chi connectivity index (χ1) is 14.4. The molecule has 2 saturated carbocycles. The van der Waals surface area contributed by atoms with Gasteiger partial charge in [-0.2, -0.15) is 0 Å². The van der Waals surface area contributed by atoms with Crippen LogP contribution in [0, 0.1) is 23.2 Å². The van der Waals surface area contributed by atoms with Crippen LogP contribution in [-0.4, -0.2) is 16.3 Å². The third-order valence-electron chi connectivity index (χ3n) is 8.33. The standard InChI is InChI=1S/C27H31FO2/c1-16(28)12-23-24(30)15-27(2)11-10-21-20-9-8-19(29)13-18(20)14-22(25(21)26(23)27)17-6-4-3-5-7-17/h3-9,12-13,21-26,29-30H,10-11,14-15H2,1-2H3/t21-,22+,23-,24-,25+,26+,27-/m1/s1. The van der Waals surface area contributed by atoms with Gasteiger partial charge < -0.3 is 10.2 Å². The van der Waals surface area contributed by atoms with Gasteiger partial charge in [-0.15, -0.1) is 0 Å². The largest absolute Gasteiger partial charge is 0.508 e. The minimum absolute atomic E-state index is 0.0264. The van der Waals surface area contributed by atoms with Crippen molar-refractivity contribution in [2.24, 2.45) is 23.2 Å². The second-order valence-corrected chi connectivity index (χ2v) is 10.1. The van der Waals surface area contributed by atoms with Crippen molar-refractivity contribution >= 4 is 0 Å². The molecule has 2 fully saturated rings. The molecule has 30 heavy (non-hydrogen) atoms. The van der Waals surface area contributed by atoms with Gasteiger partial charge >= 0.3 is 0 Å². The third kappa shape index (κ3) is 3.10. The number of aromatic hydroxyl groups is 1. The number of rotatable bonds is 2. The van der Waals surface area contributed by atoms with Gasteiger partial charge in [-0.3, -0.25) is 0 Å². The van der Waals surface area contributed by atoms with Gasteiger partial charge in [0.05, 0.1) is 11.9 Å². The lowest BCUT2D eigenvalue weighted by Gasteiger charge is -2.53. The SMILES string of the molecule is CC(F)=C[C@H]1[C@H]2[C@H]3[C@H](CC[C@]2(C)C[C@H]1O)c1ccc(O)cc1C[C@H]3c1ccccc1. The number of phenolic OH excluding ortho intramolecular Hbond substituents is 1. The monoisotopic (exact) mass is 406 g/mol. The molecule has 0 radical (unpaired) electrons. The van der Waals surface area contributed by atoms with Gasteiger partial charge in [0.2, 0.25) is 0 Å². The van der Waals surface area contributed by atoms with Crippen molar-refractivity contribution in [2.45, 2.75) is 57.5 Å². The maximum atomic E-state index is 14.1. The summed E-state index contributed by atoms with van der Waals surface area (Å²) >= 11 is 0. The zero-order valence-electron chi connectivity index (χ0n) is 17.8. The number of hydrogen-bond donors (Lipinski definition) is 2. The van der Waals surface area contributed by atoms with Gasteiger partial charge in [0.25, 0.3) is 0 Å². The summed E-state index contributed by atoms with van der Waals surface area (Å²) in [5, 5.41) is 21.1. The van der Waals surface area contributed by atoms with Gasteiger partial charge in [-0.1, -0.05) is 43.3 Å². The Morgan fingerprint density at radius 3 is 2.63 bits per heavy atom. The molecule has 158 valence electrons. The molecule has 3 aliphatic carbocycles. The first kappa shape index (κ1) is 19.8. The Hall–Kier alpha value is -2.13. The van der Waals surface area contributed by atoms with E-state index >= 15 is 0 Å². The number of phenols is 1. The molecule has 0 amide bonds. The van der Waals surface area contributed by atoms with Crippen molar-refractivity contribution in [3.63, 3.8) is 0 Å². The van der Waals surface area contributed by atoms with Crippen LogP contribution in [0.3, 0.4) is 0 Å². The van der Waals surface area contributed by atoms with Gasteiger partial charge in [0.15, 0.2) is 0 Å². The maximum absolute atomic E-state index is 14.1. The van der Waals surface area contributed by atoms with E-state index in [-0.39, 0.29) is 23.1 Å². The van der Waals surface area contributed by atoms with E-state index < -0.39 is 6.10 Å². The highest BCUT2D eigenvalue weighted by Crippen LogP contribution is 2.65. The molecule has 2 N–H and O–H groups in total. The Balaban J connectivity index is 1.67. The van der Waals surface area contributed by atoms with Crippen LogP contribution in [0.4, 0.5) is 4.39 Å². The van der Waals surface area contributed by atoms with Gasteiger partial charge in [0.1, 0.15) is 5.75 Å². The Morgan fingerprint density at radius 2 is 1.90 bits per heavy atom. The summed E-state index contributed by atoms with van der Waals surface area (Å²) in [6.07, 6.45) is 4.96. The number of fused-ring (bicyclic) bond motifs is 5. The lowest BCUT2D eigenvalue weighted by molar-refractivity contribution is 0.0303. The smallest absolute Gasteiger partial charge is 0.115 e. The summed E-state index contributed by atoms with van der Waals surface area (Å²) in [5.41, 5.74) is 3.92. The molecule has 3 heteroatoms. The highest BCUT2D eigenvalue weighted by molar-refractivity contribution is 5.43. The van der Waals surface area contributed by atoms with E-state index in [0.29, 0.717) is 23.5 Å². The molecule has 0 saturated heterocycles. The van der Waals surface area contributed by atoms with Crippen LogP contribution in [-0.2, 0) is 6.42 Å². The summed E-state index contributed by atoms with van der Waals surface area (Å²) in [7, 11) is 0. The first-order valence-corrected chi connectivity index (χ1v) is 11.3. The fourth-order valence-corrected chi connectivity index (χ4v) is 7.29. The second kappa shape index (κ2) is 7.23. The van der Waals surface area contributed by atoms with Crippen molar-refractivity contribution in [3.8, 4) is 5.75 Å². The highest BCUT2D eigenvalue weighted by Gasteiger charge is 2.59. The van der Waals surface area contributed by atoms with Gasteiger partial charge in [-0.25, -0.2) is 4.39 Å². The Bertz CT molecular complexity index is 964. The van der Waals surface area contributed by atoms with Crippen molar-refractivity contribution in [3.05, 3.63) is 77.1 Å². The van der Waals surface area contributed by atoms with Gasteiger partial charge in [0, 0.05) is 5.92 Å². The summed E-state index contributed by atoms with van der Waals surface area (Å²) in [6.45, 7) is 3.81. The molecule has 0 bridgehead atoms. The molecular formula is C27H31FO2. The summed E-state index contributed by atoms with van der Waals surface area (Å²) in [6, 6.07) is 16.5. The first-order valence-electron chi connectivity index (χ1n) is 11.3. The van der Waals surface area contributed by atoms with E-state index in [1.165, 1.54) is 23.6 Å². The Kier molecular flexibility index (Phi) is 4.77. The minimum atomic E-state index is -0.484. The van der Waals surface area contributed by atoms with Crippen LogP contribution in [0.15, 0.2) is 60.4 Å². The lowest BCUT2D eigenvalue weighted by Crippen LogP contribution is -2.45. The summed E-state index contributed by atoms with van der Waals surface area (Å²) in [5.74, 6) is 1.25. The number of aliphatic hydroxyl groups excluding tert-OH is 1. The molecule has 0 aromatic heterocycles. The highest BCUT2D eigenvalue weighted by atomic mass is 19.1. The minimum Gasteiger partial charge on any atom is -0.508 e. The normalized spacial score (nSPS) is 37.9. The van der Waals surface area contributed by atoms with Crippen molar-refractivity contribution in [1.82, 2.24) is 0 Å². The van der Waals surface area contributed by atoms with Crippen molar-refractivity contribution in [1.29, 1.82) is 0 Å². The number of halogens is 1. The number of aliphatic hydroxyl groups is 1. The zero-order chi connectivity index (χ0) is 21.0. The number of benzene rings is 2.